The predicted molar refractivity (Wildman–Crippen MR) is 105 cm³/mol. The fourth-order valence-electron chi connectivity index (χ4n) is 3.11. The predicted octanol–water partition coefficient (Wildman–Crippen LogP) is 3.58. The molecule has 1 aliphatic rings. The van der Waals surface area contributed by atoms with E-state index in [1.54, 1.807) is 0 Å². The van der Waals surface area contributed by atoms with Crippen molar-refractivity contribution in [1.29, 1.82) is 0 Å². The third-order valence-corrected chi connectivity index (χ3v) is 4.69. The lowest BCUT2D eigenvalue weighted by atomic mass is 10.3. The maximum Gasteiger partial charge on any atom is 0.227 e. The number of rotatable bonds is 5. The Morgan fingerprint density at radius 2 is 2.19 bits per heavy atom. The lowest BCUT2D eigenvalue weighted by Gasteiger charge is -2.14. The summed E-state index contributed by atoms with van der Waals surface area (Å²) in [6.07, 6.45) is 2.87. The minimum absolute atomic E-state index is 0.259. The molecule has 0 saturated carbocycles. The van der Waals surface area contributed by atoms with E-state index in [-0.39, 0.29) is 6.04 Å². The normalized spacial score (nSPS) is 17.2. The number of halogens is 1. The Labute approximate surface area is 157 Å². The molecule has 3 N–H and O–H groups in total. The molecule has 0 radical (unpaired) electrons. The van der Waals surface area contributed by atoms with Crippen LogP contribution in [0, 0.1) is 0 Å². The van der Waals surface area contributed by atoms with Crippen LogP contribution in [0.4, 0.5) is 17.5 Å². The molecule has 4 rings (SSSR count). The lowest BCUT2D eigenvalue weighted by Crippen LogP contribution is -2.23. The quantitative estimate of drug-likeness (QED) is 0.636. The van der Waals surface area contributed by atoms with E-state index in [0.717, 1.165) is 36.4 Å². The van der Waals surface area contributed by atoms with Crippen LogP contribution in [0.5, 0.6) is 0 Å². The van der Waals surface area contributed by atoms with E-state index < -0.39 is 0 Å². The number of benzene rings is 1. The van der Waals surface area contributed by atoms with Gasteiger partial charge in [-0.05, 0) is 45.0 Å². The van der Waals surface area contributed by atoms with Crippen LogP contribution < -0.4 is 16.0 Å². The Hall–Kier alpha value is -2.38. The van der Waals surface area contributed by atoms with Crippen LogP contribution >= 0.6 is 11.6 Å². The van der Waals surface area contributed by atoms with Crippen molar-refractivity contribution in [1.82, 2.24) is 24.8 Å². The van der Waals surface area contributed by atoms with Gasteiger partial charge in [0, 0.05) is 29.3 Å². The van der Waals surface area contributed by atoms with Crippen LogP contribution in [-0.4, -0.2) is 38.7 Å². The Balaban J connectivity index is 1.75. The SMILES string of the molecule is CC(C)n1cnc2c(Nc3cccc(Cl)c3)nc(N[C@H]3CCNC3)nc21. The second kappa shape index (κ2) is 7.09. The Morgan fingerprint density at radius 1 is 1.31 bits per heavy atom. The maximum absolute atomic E-state index is 6.11. The monoisotopic (exact) mass is 371 g/mol. The number of anilines is 3. The summed E-state index contributed by atoms with van der Waals surface area (Å²) < 4.78 is 2.05. The number of nitrogens with one attached hydrogen (secondary N) is 3. The smallest absolute Gasteiger partial charge is 0.227 e. The van der Waals surface area contributed by atoms with Gasteiger partial charge in [-0.25, -0.2) is 4.98 Å². The minimum Gasteiger partial charge on any atom is -0.350 e. The second-order valence-electron chi connectivity index (χ2n) is 6.78. The Bertz CT molecular complexity index is 915. The first-order valence-electron chi connectivity index (χ1n) is 8.84. The van der Waals surface area contributed by atoms with Crippen molar-refractivity contribution >= 4 is 40.2 Å². The highest BCUT2D eigenvalue weighted by Gasteiger charge is 2.19. The van der Waals surface area contributed by atoms with Gasteiger partial charge in [0.15, 0.2) is 17.0 Å². The Morgan fingerprint density at radius 3 is 2.92 bits per heavy atom. The number of hydrogen-bond acceptors (Lipinski definition) is 6. The third-order valence-electron chi connectivity index (χ3n) is 4.46. The zero-order valence-corrected chi connectivity index (χ0v) is 15.6. The molecule has 0 spiro atoms. The topological polar surface area (TPSA) is 79.7 Å². The first-order valence-corrected chi connectivity index (χ1v) is 9.22. The van der Waals surface area contributed by atoms with Gasteiger partial charge in [-0.15, -0.1) is 0 Å². The first kappa shape index (κ1) is 17.1. The van der Waals surface area contributed by atoms with Crippen LogP contribution in [0.1, 0.15) is 26.3 Å². The Kier molecular flexibility index (Phi) is 4.65. The number of fused-ring (bicyclic) bond motifs is 1. The standard InChI is InChI=1S/C18H22ClN7/c1-11(2)26-10-21-15-16(22-13-5-3-4-12(19)8-13)24-18(25-17(15)26)23-14-6-7-20-9-14/h3-5,8,10-11,14,20H,6-7,9H2,1-2H3,(H2,22,23,24,25)/t14-/m0/s1. The number of imidazole rings is 1. The summed E-state index contributed by atoms with van der Waals surface area (Å²) in [5, 5.41) is 10.8. The first-order chi connectivity index (χ1) is 12.6. The van der Waals surface area contributed by atoms with Crippen molar-refractivity contribution in [3.8, 4) is 0 Å². The van der Waals surface area contributed by atoms with Gasteiger partial charge in [0.05, 0.1) is 6.33 Å². The molecule has 2 aromatic heterocycles. The summed E-state index contributed by atoms with van der Waals surface area (Å²) in [4.78, 5) is 13.9. The van der Waals surface area contributed by atoms with Gasteiger partial charge < -0.3 is 20.5 Å². The number of nitrogens with zero attached hydrogens (tertiary/aromatic N) is 4. The van der Waals surface area contributed by atoms with E-state index in [4.69, 9.17) is 16.6 Å². The second-order valence-corrected chi connectivity index (χ2v) is 7.22. The van der Waals surface area contributed by atoms with E-state index in [1.165, 1.54) is 0 Å². The molecule has 0 bridgehead atoms. The van der Waals surface area contributed by atoms with Gasteiger partial charge >= 0.3 is 0 Å². The molecule has 7 nitrogen and oxygen atoms in total. The van der Waals surface area contributed by atoms with Crippen molar-refractivity contribution in [2.75, 3.05) is 23.7 Å². The third kappa shape index (κ3) is 3.45. The van der Waals surface area contributed by atoms with E-state index in [1.807, 2.05) is 30.6 Å². The van der Waals surface area contributed by atoms with Crippen LogP contribution in [0.2, 0.25) is 5.02 Å². The largest absolute Gasteiger partial charge is 0.350 e. The van der Waals surface area contributed by atoms with Gasteiger partial charge in [-0.1, -0.05) is 17.7 Å². The summed E-state index contributed by atoms with van der Waals surface area (Å²) in [5.41, 5.74) is 2.42. The summed E-state index contributed by atoms with van der Waals surface area (Å²) in [6.45, 7) is 6.15. The molecule has 0 aliphatic carbocycles. The van der Waals surface area contributed by atoms with Crippen molar-refractivity contribution in [3.05, 3.63) is 35.6 Å². The van der Waals surface area contributed by atoms with Gasteiger partial charge in [-0.3, -0.25) is 0 Å². The van der Waals surface area contributed by atoms with Crippen molar-refractivity contribution in [2.45, 2.75) is 32.4 Å². The van der Waals surface area contributed by atoms with Crippen LogP contribution in [0.15, 0.2) is 30.6 Å². The van der Waals surface area contributed by atoms with Crippen molar-refractivity contribution in [3.63, 3.8) is 0 Å². The maximum atomic E-state index is 6.11. The van der Waals surface area contributed by atoms with E-state index in [0.29, 0.717) is 22.8 Å². The highest BCUT2D eigenvalue weighted by Crippen LogP contribution is 2.27. The molecule has 136 valence electrons. The average Bonchev–Trinajstić information content (AvgIpc) is 3.24. The van der Waals surface area contributed by atoms with Gasteiger partial charge in [-0.2, -0.15) is 9.97 Å². The highest BCUT2D eigenvalue weighted by molar-refractivity contribution is 6.30. The molecule has 0 amide bonds. The van der Waals surface area contributed by atoms with Gasteiger partial charge in [0.2, 0.25) is 5.95 Å². The number of hydrogen-bond donors (Lipinski definition) is 3. The summed E-state index contributed by atoms with van der Waals surface area (Å²) in [6, 6.07) is 8.15. The molecule has 1 fully saturated rings. The van der Waals surface area contributed by atoms with E-state index in [2.05, 4.69) is 44.3 Å². The molecule has 0 unspecified atom stereocenters. The molecule has 26 heavy (non-hydrogen) atoms. The molecule has 1 aromatic carbocycles. The van der Waals surface area contributed by atoms with Gasteiger partial charge in [0.25, 0.3) is 0 Å². The van der Waals surface area contributed by atoms with Crippen LogP contribution in [-0.2, 0) is 0 Å². The van der Waals surface area contributed by atoms with E-state index >= 15 is 0 Å². The zero-order chi connectivity index (χ0) is 18.1. The van der Waals surface area contributed by atoms with Crippen LogP contribution in [0.3, 0.4) is 0 Å². The van der Waals surface area contributed by atoms with Crippen molar-refractivity contribution < 1.29 is 0 Å². The number of aromatic nitrogens is 4. The average molecular weight is 372 g/mol. The fraction of sp³-hybridized carbons (Fsp3) is 0.389. The van der Waals surface area contributed by atoms with Crippen LogP contribution in [0.25, 0.3) is 11.2 Å². The molecule has 1 saturated heterocycles. The molecule has 3 aromatic rings. The molecule has 1 aliphatic heterocycles. The van der Waals surface area contributed by atoms with E-state index in [9.17, 15) is 0 Å². The summed E-state index contributed by atoms with van der Waals surface area (Å²) >= 11 is 6.11. The summed E-state index contributed by atoms with van der Waals surface area (Å²) in [7, 11) is 0. The molecular formula is C18H22ClN7. The van der Waals surface area contributed by atoms with Gasteiger partial charge in [0.1, 0.15) is 0 Å². The molecule has 3 heterocycles. The lowest BCUT2D eigenvalue weighted by molar-refractivity contribution is 0.612. The van der Waals surface area contributed by atoms with Crippen molar-refractivity contribution in [2.24, 2.45) is 0 Å². The fourth-order valence-corrected chi connectivity index (χ4v) is 3.30. The molecular weight excluding hydrogens is 350 g/mol. The molecule has 1 atom stereocenters. The highest BCUT2D eigenvalue weighted by atomic mass is 35.5. The molecule has 8 heteroatoms. The zero-order valence-electron chi connectivity index (χ0n) is 14.8. The minimum atomic E-state index is 0.259. The summed E-state index contributed by atoms with van der Waals surface area (Å²) in [5.74, 6) is 1.28.